The van der Waals surface area contributed by atoms with Crippen LogP contribution < -0.4 is 5.73 Å². The van der Waals surface area contributed by atoms with E-state index in [-0.39, 0.29) is 0 Å². The molecule has 0 spiro atoms. The van der Waals surface area contributed by atoms with E-state index in [9.17, 15) is 0 Å². The lowest BCUT2D eigenvalue weighted by Crippen LogP contribution is -2.02. The minimum absolute atomic E-state index is 0.551. The third-order valence-corrected chi connectivity index (χ3v) is 2.99. The van der Waals surface area contributed by atoms with Crippen LogP contribution in [0, 0.1) is 6.92 Å². The van der Waals surface area contributed by atoms with Gasteiger partial charge < -0.3 is 10.2 Å². The lowest BCUT2D eigenvalue weighted by molar-refractivity contribution is 0.508. The maximum atomic E-state index is 5.62. The van der Waals surface area contributed by atoms with Crippen molar-refractivity contribution < 1.29 is 4.42 Å². The van der Waals surface area contributed by atoms with Gasteiger partial charge in [-0.05, 0) is 19.1 Å². The van der Waals surface area contributed by atoms with Crippen LogP contribution in [0.1, 0.15) is 11.5 Å². The third-order valence-electron chi connectivity index (χ3n) is 2.30. The number of aryl methyl sites for hydroxylation is 1. The molecule has 0 bridgehead atoms. The number of hydrogen-bond donors (Lipinski definition) is 1. The Morgan fingerprint density at radius 3 is 3.00 bits per heavy atom. The van der Waals surface area contributed by atoms with E-state index >= 15 is 0 Å². The van der Waals surface area contributed by atoms with Gasteiger partial charge in [0.15, 0.2) is 11.7 Å². The van der Waals surface area contributed by atoms with Gasteiger partial charge in [0, 0.05) is 23.0 Å². The Morgan fingerprint density at radius 1 is 1.44 bits per heavy atom. The van der Waals surface area contributed by atoms with E-state index in [0.717, 1.165) is 15.8 Å². The fraction of sp³-hybridized carbons (Fsp3) is 0.250. The lowest BCUT2D eigenvalue weighted by atomic mass is 10.1. The molecule has 0 saturated carbocycles. The summed E-state index contributed by atoms with van der Waals surface area (Å²) in [6.07, 6.45) is 2.41. The van der Waals surface area contributed by atoms with Crippen molar-refractivity contribution in [3.63, 3.8) is 0 Å². The molecule has 2 aromatic rings. The first-order valence-corrected chi connectivity index (χ1v) is 5.91. The van der Waals surface area contributed by atoms with Crippen LogP contribution in [0.3, 0.4) is 0 Å². The molecule has 2 N–H and O–H groups in total. The van der Waals surface area contributed by atoms with Crippen LogP contribution in [-0.4, -0.2) is 11.5 Å². The Balaban J connectivity index is 2.38. The van der Waals surface area contributed by atoms with E-state index in [2.05, 4.69) is 27.0 Å². The van der Waals surface area contributed by atoms with Gasteiger partial charge in [0.25, 0.3) is 0 Å². The highest BCUT2D eigenvalue weighted by Crippen LogP contribution is 2.29. The van der Waals surface area contributed by atoms with Crippen molar-refractivity contribution in [3.8, 4) is 11.3 Å². The summed E-state index contributed by atoms with van der Waals surface area (Å²) in [5, 5.41) is 0. The predicted octanol–water partition coefficient (Wildman–Crippen LogP) is 2.91. The van der Waals surface area contributed by atoms with Crippen molar-refractivity contribution in [1.29, 1.82) is 0 Å². The van der Waals surface area contributed by atoms with E-state index in [1.165, 1.54) is 5.56 Å². The van der Waals surface area contributed by atoms with Gasteiger partial charge in [0.1, 0.15) is 0 Å². The summed E-state index contributed by atoms with van der Waals surface area (Å²) < 4.78 is 6.63. The average Bonchev–Trinajstić information content (AvgIpc) is 2.71. The van der Waals surface area contributed by atoms with Crippen molar-refractivity contribution >= 4 is 15.9 Å². The molecule has 1 heterocycles. The van der Waals surface area contributed by atoms with Crippen molar-refractivity contribution in [2.75, 3.05) is 6.54 Å². The molecule has 1 aromatic heterocycles. The molecule has 84 valence electrons. The number of nitrogens with zero attached hydrogens (tertiary/aromatic N) is 1. The number of halogens is 1. The van der Waals surface area contributed by atoms with Crippen molar-refractivity contribution in [3.05, 3.63) is 40.3 Å². The molecule has 0 atom stereocenters. The molecule has 2 rings (SSSR count). The fourth-order valence-electron chi connectivity index (χ4n) is 1.50. The van der Waals surface area contributed by atoms with Gasteiger partial charge in [-0.3, -0.25) is 0 Å². The summed E-state index contributed by atoms with van der Waals surface area (Å²) in [7, 11) is 0. The zero-order chi connectivity index (χ0) is 11.5. The predicted molar refractivity (Wildman–Crippen MR) is 67.1 cm³/mol. The number of hydrogen-bond acceptors (Lipinski definition) is 3. The topological polar surface area (TPSA) is 52.0 Å². The SMILES string of the molecule is Cc1ccc(Br)c(-c2cnc(CCN)o2)c1. The maximum absolute atomic E-state index is 5.62. The molecule has 0 saturated heterocycles. The molecule has 16 heavy (non-hydrogen) atoms. The molecule has 1 aromatic carbocycles. The maximum Gasteiger partial charge on any atom is 0.196 e. The van der Waals surface area contributed by atoms with Gasteiger partial charge in [0.2, 0.25) is 0 Å². The van der Waals surface area contributed by atoms with Gasteiger partial charge in [-0.25, -0.2) is 4.98 Å². The molecule has 0 aliphatic heterocycles. The second-order valence-electron chi connectivity index (χ2n) is 3.64. The number of rotatable bonds is 3. The minimum atomic E-state index is 0.551. The number of nitrogens with two attached hydrogens (primary N) is 1. The molecular formula is C12H13BrN2O. The molecule has 0 unspecified atom stereocenters. The van der Waals surface area contributed by atoms with Crippen molar-refractivity contribution in [1.82, 2.24) is 4.98 Å². The van der Waals surface area contributed by atoms with Crippen LogP contribution in [0.15, 0.2) is 33.3 Å². The first kappa shape index (κ1) is 11.4. The van der Waals surface area contributed by atoms with Gasteiger partial charge in [-0.2, -0.15) is 0 Å². The van der Waals surface area contributed by atoms with Crippen LogP contribution in [0.5, 0.6) is 0 Å². The summed E-state index contributed by atoms with van der Waals surface area (Å²) in [4.78, 5) is 4.19. The van der Waals surface area contributed by atoms with Crippen molar-refractivity contribution in [2.45, 2.75) is 13.3 Å². The third kappa shape index (κ3) is 2.33. The van der Waals surface area contributed by atoms with E-state index < -0.39 is 0 Å². The zero-order valence-corrected chi connectivity index (χ0v) is 10.6. The summed E-state index contributed by atoms with van der Waals surface area (Å²) in [5.41, 5.74) is 7.67. The molecule has 0 fully saturated rings. The van der Waals surface area contributed by atoms with Gasteiger partial charge in [0.05, 0.1) is 6.20 Å². The second-order valence-corrected chi connectivity index (χ2v) is 4.49. The highest BCUT2D eigenvalue weighted by molar-refractivity contribution is 9.10. The number of oxazole rings is 1. The average molecular weight is 281 g/mol. The van der Waals surface area contributed by atoms with Crippen LogP contribution in [-0.2, 0) is 6.42 Å². The molecule has 0 amide bonds. The fourth-order valence-corrected chi connectivity index (χ4v) is 1.94. The standard InChI is InChI=1S/C12H13BrN2O/c1-8-2-3-10(13)9(6-8)11-7-15-12(16-11)4-5-14/h2-3,6-7H,4-5,14H2,1H3. The summed E-state index contributed by atoms with van der Waals surface area (Å²) >= 11 is 3.50. The van der Waals surface area contributed by atoms with Crippen molar-refractivity contribution in [2.24, 2.45) is 5.73 Å². The minimum Gasteiger partial charge on any atom is -0.441 e. The zero-order valence-electron chi connectivity index (χ0n) is 9.03. The largest absolute Gasteiger partial charge is 0.441 e. The Bertz CT molecular complexity index is 494. The monoisotopic (exact) mass is 280 g/mol. The van der Waals surface area contributed by atoms with Crippen LogP contribution in [0.4, 0.5) is 0 Å². The molecule has 0 aliphatic carbocycles. The Labute approximate surface area is 103 Å². The molecular weight excluding hydrogens is 268 g/mol. The van der Waals surface area contributed by atoms with E-state index in [1.807, 2.05) is 19.1 Å². The summed E-state index contributed by atoms with van der Waals surface area (Å²) in [5.74, 6) is 1.46. The summed E-state index contributed by atoms with van der Waals surface area (Å²) in [6, 6.07) is 6.12. The molecule has 0 aliphatic rings. The normalized spacial score (nSPS) is 10.7. The first-order valence-electron chi connectivity index (χ1n) is 5.12. The van der Waals surface area contributed by atoms with Crippen LogP contribution in [0.2, 0.25) is 0 Å². The lowest BCUT2D eigenvalue weighted by Gasteiger charge is -2.01. The number of benzene rings is 1. The van der Waals surface area contributed by atoms with Gasteiger partial charge in [-0.15, -0.1) is 0 Å². The van der Waals surface area contributed by atoms with Gasteiger partial charge in [-0.1, -0.05) is 27.6 Å². The Hall–Kier alpha value is -1.13. The van der Waals surface area contributed by atoms with E-state index in [0.29, 0.717) is 18.9 Å². The molecule has 4 heteroatoms. The second kappa shape index (κ2) is 4.80. The quantitative estimate of drug-likeness (QED) is 0.941. The Kier molecular flexibility index (Phi) is 3.41. The summed E-state index contributed by atoms with van der Waals surface area (Å²) in [6.45, 7) is 2.60. The highest BCUT2D eigenvalue weighted by Gasteiger charge is 2.09. The van der Waals surface area contributed by atoms with Crippen LogP contribution >= 0.6 is 15.9 Å². The number of aromatic nitrogens is 1. The molecule has 0 radical (unpaired) electrons. The van der Waals surface area contributed by atoms with E-state index in [4.69, 9.17) is 10.2 Å². The Morgan fingerprint density at radius 2 is 2.25 bits per heavy atom. The first-order chi connectivity index (χ1) is 7.70. The van der Waals surface area contributed by atoms with Crippen LogP contribution in [0.25, 0.3) is 11.3 Å². The highest BCUT2D eigenvalue weighted by atomic mass is 79.9. The van der Waals surface area contributed by atoms with E-state index in [1.54, 1.807) is 6.20 Å². The van der Waals surface area contributed by atoms with Gasteiger partial charge >= 0.3 is 0 Å². The smallest absolute Gasteiger partial charge is 0.196 e. The molecule has 3 nitrogen and oxygen atoms in total.